The van der Waals surface area contributed by atoms with Crippen LogP contribution >= 0.6 is 18.9 Å². The van der Waals surface area contributed by atoms with Crippen LogP contribution in [0.4, 0.5) is 0 Å². The van der Waals surface area contributed by atoms with Gasteiger partial charge in [0.15, 0.2) is 0 Å². The van der Waals surface area contributed by atoms with Gasteiger partial charge in [-0.15, -0.1) is 0 Å². The van der Waals surface area contributed by atoms with E-state index in [0.717, 1.165) is 17.1 Å². The van der Waals surface area contributed by atoms with E-state index in [1.54, 1.807) is 12.4 Å². The van der Waals surface area contributed by atoms with Crippen molar-refractivity contribution in [3.8, 4) is 5.75 Å². The van der Waals surface area contributed by atoms with Crippen molar-refractivity contribution in [3.05, 3.63) is 24.3 Å². The molecule has 2 aliphatic rings. The molecule has 0 aromatic heterocycles. The van der Waals surface area contributed by atoms with Crippen molar-refractivity contribution in [1.29, 1.82) is 0 Å². The molecule has 1 aromatic rings. The minimum absolute atomic E-state index is 0.176. The molecule has 0 amide bonds. The van der Waals surface area contributed by atoms with E-state index in [-0.39, 0.29) is 3.59 Å². The zero-order valence-corrected chi connectivity index (χ0v) is 16.6. The number of alkyl halides is 1. The third-order valence-electron chi connectivity index (χ3n) is 5.98. The first-order chi connectivity index (χ1) is 10.7. The van der Waals surface area contributed by atoms with Gasteiger partial charge in [0.05, 0.1) is 0 Å². The van der Waals surface area contributed by atoms with Crippen molar-refractivity contribution >= 4 is 24.2 Å². The summed E-state index contributed by atoms with van der Waals surface area (Å²) >= 11 is 10.5. The fraction of sp³-hybridized carbons (Fsp3) is 0.667. The maximum atomic E-state index is 6.93. The monoisotopic (exact) mass is 431 g/mol. The van der Waals surface area contributed by atoms with Crippen LogP contribution < -0.4 is 10.0 Å². The molecule has 0 radical (unpaired) electrons. The standard InChI is InChI=1S/C18H27ClOP.Pd/c1-20-15-10-12-18(13-11-15)21(14-19,16-6-2-3-7-16)17-8-4-5-9-17;/h10-14,16-17,21H,2-9H2,1H3;. The van der Waals surface area contributed by atoms with Gasteiger partial charge in [0.2, 0.25) is 0 Å². The average molecular weight is 432 g/mol. The molecule has 3 rings (SSSR count). The van der Waals surface area contributed by atoms with Crippen LogP contribution in [0.3, 0.4) is 0 Å². The molecule has 1 atom stereocenters. The topological polar surface area (TPSA) is 9.23 Å². The molecule has 0 heterocycles. The number of halogens is 1. The van der Waals surface area contributed by atoms with Crippen molar-refractivity contribution in [3.63, 3.8) is 0 Å². The van der Waals surface area contributed by atoms with Crippen LogP contribution in [0.5, 0.6) is 5.75 Å². The molecular formula is C18H27ClOPPd. The third kappa shape index (κ3) is 3.02. The summed E-state index contributed by atoms with van der Waals surface area (Å²) in [6.45, 7) is 0. The third-order valence-corrected chi connectivity index (χ3v) is 15.1. The van der Waals surface area contributed by atoms with E-state index in [1.165, 1.54) is 51.4 Å². The Morgan fingerprint density at radius 1 is 1.00 bits per heavy atom. The second-order valence-corrected chi connectivity index (χ2v) is 14.5. The molecular weight excluding hydrogens is 405 g/mol. The van der Waals surface area contributed by atoms with Gasteiger partial charge in [0.1, 0.15) is 0 Å². The number of methoxy groups -OCH3 is 1. The van der Waals surface area contributed by atoms with Gasteiger partial charge in [0, 0.05) is 0 Å². The minimum atomic E-state index is -1.78. The molecule has 0 bridgehead atoms. The molecule has 22 heavy (non-hydrogen) atoms. The summed E-state index contributed by atoms with van der Waals surface area (Å²) in [5.74, 6) is 0.952. The first-order valence-corrected chi connectivity index (χ1v) is 12.1. The number of benzene rings is 1. The van der Waals surface area contributed by atoms with Crippen LogP contribution in [0.25, 0.3) is 0 Å². The summed E-state index contributed by atoms with van der Waals surface area (Å²) in [6.07, 6.45) is 11.1. The fourth-order valence-corrected chi connectivity index (χ4v) is 15.3. The first kappa shape index (κ1) is 17.2. The number of ether oxygens (including phenoxy) is 1. The summed E-state index contributed by atoms with van der Waals surface area (Å²) in [7, 11) is -0.0349. The van der Waals surface area contributed by atoms with E-state index in [9.17, 15) is 0 Å². The van der Waals surface area contributed by atoms with Gasteiger partial charge in [-0.2, -0.15) is 0 Å². The molecule has 2 aliphatic carbocycles. The zero-order chi connectivity index (χ0) is 15.6. The van der Waals surface area contributed by atoms with Gasteiger partial charge in [-0.3, -0.25) is 0 Å². The summed E-state index contributed by atoms with van der Waals surface area (Å²) in [5, 5.41) is 1.55. The first-order valence-electron chi connectivity index (χ1n) is 8.58. The normalized spacial score (nSPS) is 22.9. The Morgan fingerprint density at radius 3 is 1.82 bits per heavy atom. The number of rotatable bonds is 5. The Labute approximate surface area is 151 Å². The predicted molar refractivity (Wildman–Crippen MR) is 95.1 cm³/mol. The van der Waals surface area contributed by atoms with Crippen LogP contribution in [-0.2, 0) is 19.2 Å². The Balaban J connectivity index is 2.05. The van der Waals surface area contributed by atoms with Gasteiger partial charge >= 0.3 is 152 Å². The molecule has 0 aliphatic heterocycles. The Kier molecular flexibility index (Phi) is 5.90. The van der Waals surface area contributed by atoms with Crippen molar-refractivity contribution in [2.45, 2.75) is 66.3 Å². The van der Waals surface area contributed by atoms with Gasteiger partial charge in [0.25, 0.3) is 0 Å². The van der Waals surface area contributed by atoms with Crippen LogP contribution in [0.15, 0.2) is 24.3 Å². The van der Waals surface area contributed by atoms with Crippen molar-refractivity contribution in [1.82, 2.24) is 0 Å². The van der Waals surface area contributed by atoms with E-state index < -0.39 is 7.26 Å². The van der Waals surface area contributed by atoms with E-state index in [0.29, 0.717) is 0 Å². The van der Waals surface area contributed by atoms with E-state index in [2.05, 4.69) is 43.5 Å². The quantitative estimate of drug-likeness (QED) is 0.361. The van der Waals surface area contributed by atoms with Crippen LogP contribution in [-0.4, -0.2) is 22.0 Å². The molecule has 2 saturated carbocycles. The molecule has 127 valence electrons. The van der Waals surface area contributed by atoms with Crippen LogP contribution in [0, 0.1) is 0 Å². The van der Waals surface area contributed by atoms with Crippen molar-refractivity contribution < 1.29 is 23.9 Å². The maximum absolute atomic E-state index is 6.93. The molecule has 1 nitrogen and oxygen atoms in total. The van der Waals surface area contributed by atoms with Crippen LogP contribution in [0.1, 0.15) is 51.4 Å². The Bertz CT molecular complexity index is 462. The number of hydrogen-bond donors (Lipinski definition) is 0. The van der Waals surface area contributed by atoms with Gasteiger partial charge in [-0.1, -0.05) is 0 Å². The van der Waals surface area contributed by atoms with Crippen LogP contribution in [0.2, 0.25) is 0 Å². The summed E-state index contributed by atoms with van der Waals surface area (Å²) in [6, 6.07) is 8.92. The van der Waals surface area contributed by atoms with E-state index in [1.807, 2.05) is 0 Å². The molecule has 4 heteroatoms. The second-order valence-electron chi connectivity index (χ2n) is 6.89. The van der Waals surface area contributed by atoms with Gasteiger partial charge < -0.3 is 0 Å². The Hall–Kier alpha value is 0.402. The number of hydrogen-bond acceptors (Lipinski definition) is 1. The Morgan fingerprint density at radius 2 is 1.45 bits per heavy atom. The SMILES string of the molecule is COc1ccc([PH]([CH](Cl)[Pd])(C2CCCC2)C2CCCC2)cc1. The average Bonchev–Trinajstić information content (AvgIpc) is 3.22. The summed E-state index contributed by atoms with van der Waals surface area (Å²) in [4.78, 5) is 0. The van der Waals surface area contributed by atoms with Gasteiger partial charge in [-0.05, 0) is 0 Å². The van der Waals surface area contributed by atoms with Crippen molar-refractivity contribution in [2.24, 2.45) is 0 Å². The summed E-state index contributed by atoms with van der Waals surface area (Å²) in [5.41, 5.74) is 1.70. The van der Waals surface area contributed by atoms with Gasteiger partial charge in [-0.25, -0.2) is 0 Å². The van der Waals surface area contributed by atoms with Crippen molar-refractivity contribution in [2.75, 3.05) is 7.11 Å². The van der Waals surface area contributed by atoms with E-state index >= 15 is 0 Å². The molecule has 1 unspecified atom stereocenters. The fourth-order valence-electron chi connectivity index (χ4n) is 4.93. The molecule has 0 N–H and O–H groups in total. The molecule has 0 spiro atoms. The molecule has 0 saturated heterocycles. The second kappa shape index (κ2) is 7.53. The van der Waals surface area contributed by atoms with E-state index in [4.69, 9.17) is 16.3 Å². The summed E-state index contributed by atoms with van der Waals surface area (Å²) < 4.78 is 5.54. The molecule has 2 fully saturated rings. The predicted octanol–water partition coefficient (Wildman–Crippen LogP) is 5.02. The zero-order valence-electron chi connectivity index (χ0n) is 13.3. The molecule has 1 aromatic carbocycles.